The van der Waals surface area contributed by atoms with Crippen molar-refractivity contribution in [3.63, 3.8) is 0 Å². The topological polar surface area (TPSA) is 70.2 Å². The minimum Gasteiger partial charge on any atom is -0.302 e. The molecule has 0 fully saturated rings. The number of hydrogen-bond acceptors (Lipinski definition) is 3. The number of hydrogen-bond donors (Lipinski definition) is 3. The number of nitrogens with one attached hydrogen (secondary N) is 3. The highest BCUT2D eigenvalue weighted by Gasteiger charge is 2.11. The zero-order chi connectivity index (χ0) is 17.5. The van der Waals surface area contributed by atoms with Crippen molar-refractivity contribution in [3.05, 3.63) is 70.2 Å². The van der Waals surface area contributed by atoms with E-state index in [2.05, 4.69) is 16.2 Å². The molecule has 3 N–H and O–H groups in total. The second kappa shape index (κ2) is 8.42. The summed E-state index contributed by atoms with van der Waals surface area (Å²) in [6.45, 7) is 1.93. The molecule has 0 spiro atoms. The second-order valence-corrected chi connectivity index (χ2v) is 5.85. The predicted octanol–water partition coefficient (Wildman–Crippen LogP) is 2.53. The van der Waals surface area contributed by atoms with Gasteiger partial charge in [0.2, 0.25) is 5.91 Å². The lowest BCUT2D eigenvalue weighted by Gasteiger charge is -2.12. The lowest BCUT2D eigenvalue weighted by molar-refractivity contribution is -0.119. The van der Waals surface area contributed by atoms with Gasteiger partial charge in [0.25, 0.3) is 5.91 Å². The molecule has 5 nitrogen and oxygen atoms in total. The van der Waals surface area contributed by atoms with Crippen LogP contribution in [0.15, 0.2) is 48.5 Å². The second-order valence-electron chi connectivity index (χ2n) is 5.04. The maximum Gasteiger partial charge on any atom is 0.271 e. The Kier molecular flexibility index (Phi) is 6.28. The van der Waals surface area contributed by atoms with E-state index >= 15 is 0 Å². The molecule has 0 aliphatic rings. The molecule has 124 valence electrons. The van der Waals surface area contributed by atoms with Gasteiger partial charge in [0.05, 0.1) is 17.0 Å². The van der Waals surface area contributed by atoms with Crippen LogP contribution in [0.3, 0.4) is 0 Å². The Morgan fingerprint density at radius 3 is 2.42 bits per heavy atom. The maximum absolute atomic E-state index is 12.0. The molecule has 0 aliphatic heterocycles. The number of carbonyl (C=O) groups is 2. The molecular formula is C17H16ClN3O2S. The number of amides is 2. The summed E-state index contributed by atoms with van der Waals surface area (Å²) < 4.78 is 0. The van der Waals surface area contributed by atoms with Crippen LogP contribution in [0.25, 0.3) is 0 Å². The van der Waals surface area contributed by atoms with Crippen LogP contribution in [0.4, 0.5) is 0 Å². The first-order chi connectivity index (χ1) is 11.5. The van der Waals surface area contributed by atoms with E-state index in [9.17, 15) is 9.59 Å². The Labute approximate surface area is 150 Å². The standard InChI is InChI=1S/C17H16ClN3O2S/c1-11-6-2-3-7-12(11)10-15(22)19-17(24)21-20-16(23)13-8-4-5-9-14(13)18/h2-9H,10H2,1H3,(H,20,23)(H2,19,21,22,24). The van der Waals surface area contributed by atoms with E-state index in [4.69, 9.17) is 23.8 Å². The number of thiocarbonyl (C=S) groups is 1. The van der Waals surface area contributed by atoms with Crippen molar-refractivity contribution in [1.82, 2.24) is 16.2 Å². The van der Waals surface area contributed by atoms with Gasteiger partial charge in [-0.3, -0.25) is 20.4 Å². The smallest absolute Gasteiger partial charge is 0.271 e. The molecule has 7 heteroatoms. The lowest BCUT2D eigenvalue weighted by Crippen LogP contribution is -2.48. The molecular weight excluding hydrogens is 346 g/mol. The molecule has 0 saturated heterocycles. The Morgan fingerprint density at radius 2 is 1.71 bits per heavy atom. The molecule has 2 aromatic rings. The minimum absolute atomic E-state index is 0.00832. The van der Waals surface area contributed by atoms with Crippen LogP contribution in [0.1, 0.15) is 21.5 Å². The fourth-order valence-electron chi connectivity index (χ4n) is 2.01. The first-order valence-corrected chi connectivity index (χ1v) is 7.95. The lowest BCUT2D eigenvalue weighted by atomic mass is 10.1. The van der Waals surface area contributed by atoms with E-state index < -0.39 is 5.91 Å². The van der Waals surface area contributed by atoms with Crippen LogP contribution < -0.4 is 16.2 Å². The SMILES string of the molecule is Cc1ccccc1CC(=O)NC(=S)NNC(=O)c1ccccc1Cl. The van der Waals surface area contributed by atoms with Crippen LogP contribution >= 0.6 is 23.8 Å². The molecule has 0 unspecified atom stereocenters. The summed E-state index contributed by atoms with van der Waals surface area (Å²) in [5.74, 6) is -0.718. The molecule has 0 aliphatic carbocycles. The molecule has 0 saturated carbocycles. The van der Waals surface area contributed by atoms with Crippen molar-refractivity contribution >= 4 is 40.7 Å². The highest BCUT2D eigenvalue weighted by atomic mass is 35.5. The third-order valence-electron chi connectivity index (χ3n) is 3.27. The van der Waals surface area contributed by atoms with Crippen LogP contribution in [0.5, 0.6) is 0 Å². The van der Waals surface area contributed by atoms with Gasteiger partial charge < -0.3 is 5.32 Å². The zero-order valence-corrected chi connectivity index (χ0v) is 14.5. The van der Waals surface area contributed by atoms with Crippen LogP contribution in [-0.4, -0.2) is 16.9 Å². The Balaban J connectivity index is 1.83. The van der Waals surface area contributed by atoms with E-state index in [1.54, 1.807) is 24.3 Å². The number of carbonyl (C=O) groups excluding carboxylic acids is 2. The van der Waals surface area contributed by atoms with E-state index in [0.717, 1.165) is 11.1 Å². The van der Waals surface area contributed by atoms with E-state index in [-0.39, 0.29) is 17.4 Å². The first kappa shape index (κ1) is 17.9. The summed E-state index contributed by atoms with van der Waals surface area (Å²) in [5.41, 5.74) is 7.12. The highest BCUT2D eigenvalue weighted by molar-refractivity contribution is 7.80. The van der Waals surface area contributed by atoms with Crippen molar-refractivity contribution in [2.24, 2.45) is 0 Å². The number of aryl methyl sites for hydroxylation is 1. The van der Waals surface area contributed by atoms with Crippen molar-refractivity contribution < 1.29 is 9.59 Å². The van der Waals surface area contributed by atoms with Gasteiger partial charge in [-0.2, -0.15) is 0 Å². The summed E-state index contributed by atoms with van der Waals surface area (Å²) in [4.78, 5) is 23.9. The summed E-state index contributed by atoms with van der Waals surface area (Å²) in [7, 11) is 0. The minimum atomic E-state index is -0.448. The maximum atomic E-state index is 12.0. The van der Waals surface area contributed by atoms with Gasteiger partial charge in [0.1, 0.15) is 0 Å². The van der Waals surface area contributed by atoms with Gasteiger partial charge in [-0.15, -0.1) is 0 Å². The van der Waals surface area contributed by atoms with Gasteiger partial charge in [0.15, 0.2) is 5.11 Å². The summed E-state index contributed by atoms with van der Waals surface area (Å²) in [5, 5.41) is 2.84. The first-order valence-electron chi connectivity index (χ1n) is 7.16. The normalized spacial score (nSPS) is 9.92. The Morgan fingerprint density at radius 1 is 1.04 bits per heavy atom. The molecule has 24 heavy (non-hydrogen) atoms. The number of benzene rings is 2. The molecule has 2 amide bonds. The van der Waals surface area contributed by atoms with Gasteiger partial charge >= 0.3 is 0 Å². The largest absolute Gasteiger partial charge is 0.302 e. The van der Waals surface area contributed by atoms with Crippen molar-refractivity contribution in [3.8, 4) is 0 Å². The van der Waals surface area contributed by atoms with Gasteiger partial charge in [-0.05, 0) is 42.4 Å². The molecule has 2 aromatic carbocycles. The van der Waals surface area contributed by atoms with Gasteiger partial charge in [-0.25, -0.2) is 0 Å². The fourth-order valence-corrected chi connectivity index (χ4v) is 2.40. The summed E-state index contributed by atoms with van der Waals surface area (Å²) in [6.07, 6.45) is 0.201. The molecule has 0 atom stereocenters. The summed E-state index contributed by atoms with van der Waals surface area (Å²) in [6, 6.07) is 14.2. The zero-order valence-electron chi connectivity index (χ0n) is 12.9. The third kappa shape index (κ3) is 5.04. The Hall–Kier alpha value is -2.44. The molecule has 0 aromatic heterocycles. The molecule has 0 bridgehead atoms. The van der Waals surface area contributed by atoms with Crippen LogP contribution in [-0.2, 0) is 11.2 Å². The molecule has 0 heterocycles. The molecule has 0 radical (unpaired) electrons. The highest BCUT2D eigenvalue weighted by Crippen LogP contribution is 2.14. The third-order valence-corrected chi connectivity index (χ3v) is 3.81. The van der Waals surface area contributed by atoms with Crippen LogP contribution in [0.2, 0.25) is 5.02 Å². The van der Waals surface area contributed by atoms with Crippen molar-refractivity contribution in [2.75, 3.05) is 0 Å². The number of hydrazine groups is 1. The van der Waals surface area contributed by atoms with Gasteiger partial charge in [0, 0.05) is 0 Å². The average molecular weight is 362 g/mol. The Bertz CT molecular complexity index is 780. The molecule has 2 rings (SSSR count). The quantitative estimate of drug-likeness (QED) is 0.580. The monoisotopic (exact) mass is 361 g/mol. The number of rotatable bonds is 3. The average Bonchev–Trinajstić information content (AvgIpc) is 2.55. The fraction of sp³-hybridized carbons (Fsp3) is 0.118. The summed E-state index contributed by atoms with van der Waals surface area (Å²) >= 11 is 10.9. The van der Waals surface area contributed by atoms with Crippen molar-refractivity contribution in [1.29, 1.82) is 0 Å². The van der Waals surface area contributed by atoms with Crippen molar-refractivity contribution in [2.45, 2.75) is 13.3 Å². The van der Waals surface area contributed by atoms with E-state index in [1.165, 1.54) is 0 Å². The van der Waals surface area contributed by atoms with Crippen LogP contribution in [0, 0.1) is 6.92 Å². The number of halogens is 1. The van der Waals surface area contributed by atoms with Gasteiger partial charge in [-0.1, -0.05) is 48.0 Å². The predicted molar refractivity (Wildman–Crippen MR) is 97.7 cm³/mol. The van der Waals surface area contributed by atoms with E-state index in [1.807, 2.05) is 31.2 Å². The van der Waals surface area contributed by atoms with E-state index in [0.29, 0.717) is 10.6 Å².